The van der Waals surface area contributed by atoms with Gasteiger partial charge in [-0.25, -0.2) is 0 Å². The lowest BCUT2D eigenvalue weighted by atomic mass is 10.2. The number of alkyl halides is 1. The predicted molar refractivity (Wildman–Crippen MR) is 62.0 cm³/mol. The van der Waals surface area contributed by atoms with Gasteiger partial charge in [-0.05, 0) is 34.1 Å². The first-order valence-corrected chi connectivity index (χ1v) is 5.32. The number of primary amides is 1. The van der Waals surface area contributed by atoms with E-state index < -0.39 is 5.91 Å². The van der Waals surface area contributed by atoms with Crippen molar-refractivity contribution < 1.29 is 9.59 Å². The average molecular weight is 292 g/mol. The molecule has 0 unspecified atom stereocenters. The highest BCUT2D eigenvalue weighted by molar-refractivity contribution is 9.10. The Labute approximate surface area is 99.9 Å². The highest BCUT2D eigenvalue weighted by Crippen LogP contribution is 2.23. The van der Waals surface area contributed by atoms with E-state index in [1.165, 1.54) is 12.1 Å². The maximum atomic E-state index is 11.0. The van der Waals surface area contributed by atoms with Crippen LogP contribution in [0.4, 0.5) is 5.69 Å². The van der Waals surface area contributed by atoms with Crippen molar-refractivity contribution in [1.82, 2.24) is 0 Å². The standard InChI is InChI=1S/C9H8BrClN2O2/c10-6-3-5(9(12)15)1-2-7(6)13-8(14)4-11/h1-3H,4H2,(H2,12,15)(H,13,14). The molecule has 0 aliphatic heterocycles. The number of rotatable bonds is 3. The van der Waals surface area contributed by atoms with Gasteiger partial charge in [0.15, 0.2) is 0 Å². The van der Waals surface area contributed by atoms with Gasteiger partial charge in [0.2, 0.25) is 11.8 Å². The zero-order chi connectivity index (χ0) is 11.4. The van der Waals surface area contributed by atoms with Gasteiger partial charge in [-0.15, -0.1) is 11.6 Å². The molecule has 1 aromatic rings. The summed E-state index contributed by atoms with van der Waals surface area (Å²) in [6.07, 6.45) is 0. The Kier molecular flexibility index (Phi) is 4.11. The molecule has 1 rings (SSSR count). The van der Waals surface area contributed by atoms with E-state index in [1.807, 2.05) is 0 Å². The van der Waals surface area contributed by atoms with Crippen LogP contribution in [-0.4, -0.2) is 17.7 Å². The average Bonchev–Trinajstić information content (AvgIpc) is 2.20. The molecule has 0 saturated heterocycles. The normalized spacial score (nSPS) is 9.73. The summed E-state index contributed by atoms with van der Waals surface area (Å²) >= 11 is 8.54. The number of nitrogens with two attached hydrogens (primary N) is 1. The second-order valence-electron chi connectivity index (χ2n) is 2.74. The molecule has 4 nitrogen and oxygen atoms in total. The van der Waals surface area contributed by atoms with Gasteiger partial charge in [-0.2, -0.15) is 0 Å². The fourth-order valence-electron chi connectivity index (χ4n) is 0.953. The van der Waals surface area contributed by atoms with E-state index in [0.717, 1.165) is 0 Å². The lowest BCUT2D eigenvalue weighted by Crippen LogP contribution is -2.14. The molecule has 6 heteroatoms. The van der Waals surface area contributed by atoms with E-state index >= 15 is 0 Å². The molecule has 0 aliphatic rings. The topological polar surface area (TPSA) is 72.2 Å². The summed E-state index contributed by atoms with van der Waals surface area (Å²) < 4.78 is 0.581. The first-order valence-electron chi connectivity index (χ1n) is 3.99. The molecular formula is C9H8BrClN2O2. The zero-order valence-electron chi connectivity index (χ0n) is 7.59. The minimum atomic E-state index is -0.522. The molecule has 0 atom stereocenters. The molecule has 1 aromatic carbocycles. The van der Waals surface area contributed by atoms with E-state index in [-0.39, 0.29) is 11.8 Å². The van der Waals surface area contributed by atoms with E-state index in [2.05, 4.69) is 21.2 Å². The summed E-state index contributed by atoms with van der Waals surface area (Å²) in [5.74, 6) is -0.959. The molecule has 0 aromatic heterocycles. The Morgan fingerprint density at radius 2 is 2.13 bits per heavy atom. The SMILES string of the molecule is NC(=O)c1ccc(NC(=O)CCl)c(Br)c1. The number of amides is 2. The van der Waals surface area contributed by atoms with Crippen molar-refractivity contribution in [3.05, 3.63) is 28.2 Å². The van der Waals surface area contributed by atoms with Crippen LogP contribution < -0.4 is 11.1 Å². The third-order valence-electron chi connectivity index (χ3n) is 1.65. The molecule has 3 N–H and O–H groups in total. The Balaban J connectivity index is 2.93. The number of hydrogen-bond acceptors (Lipinski definition) is 2. The minimum Gasteiger partial charge on any atom is -0.366 e. The Bertz CT molecular complexity index is 409. The number of carbonyl (C=O) groups excluding carboxylic acids is 2. The Hall–Kier alpha value is -1.07. The van der Waals surface area contributed by atoms with Crippen LogP contribution in [0.3, 0.4) is 0 Å². The minimum absolute atomic E-state index is 0.121. The quantitative estimate of drug-likeness (QED) is 0.832. The first-order chi connectivity index (χ1) is 7.04. The van der Waals surface area contributed by atoms with Crippen molar-refractivity contribution in [3.63, 3.8) is 0 Å². The maximum Gasteiger partial charge on any atom is 0.248 e. The number of nitrogens with one attached hydrogen (secondary N) is 1. The Morgan fingerprint density at radius 1 is 1.47 bits per heavy atom. The molecule has 0 aliphatic carbocycles. The Morgan fingerprint density at radius 3 is 2.60 bits per heavy atom. The van der Waals surface area contributed by atoms with E-state index in [0.29, 0.717) is 15.7 Å². The van der Waals surface area contributed by atoms with Gasteiger partial charge in [0.25, 0.3) is 0 Å². The predicted octanol–water partition coefficient (Wildman–Crippen LogP) is 1.73. The molecule has 0 heterocycles. The monoisotopic (exact) mass is 290 g/mol. The molecule has 0 bridgehead atoms. The van der Waals surface area contributed by atoms with Crippen LogP contribution in [0.5, 0.6) is 0 Å². The second kappa shape index (κ2) is 5.14. The summed E-state index contributed by atoms with van der Waals surface area (Å²) in [5, 5.41) is 2.56. The van der Waals surface area contributed by atoms with Crippen LogP contribution in [0.1, 0.15) is 10.4 Å². The van der Waals surface area contributed by atoms with Crippen molar-refractivity contribution in [2.24, 2.45) is 5.73 Å². The van der Waals surface area contributed by atoms with Crippen LogP contribution in [0, 0.1) is 0 Å². The summed E-state index contributed by atoms with van der Waals surface area (Å²) in [6, 6.07) is 4.64. The van der Waals surface area contributed by atoms with Crippen molar-refractivity contribution in [3.8, 4) is 0 Å². The summed E-state index contributed by atoms with van der Waals surface area (Å²) in [7, 11) is 0. The second-order valence-corrected chi connectivity index (χ2v) is 3.86. The highest BCUT2D eigenvalue weighted by atomic mass is 79.9. The maximum absolute atomic E-state index is 11.0. The number of carbonyl (C=O) groups is 2. The van der Waals surface area contributed by atoms with Crippen LogP contribution in [0.25, 0.3) is 0 Å². The fraction of sp³-hybridized carbons (Fsp3) is 0.111. The number of anilines is 1. The van der Waals surface area contributed by atoms with Gasteiger partial charge in [0.1, 0.15) is 5.88 Å². The van der Waals surface area contributed by atoms with Crippen molar-refractivity contribution in [1.29, 1.82) is 0 Å². The third-order valence-corrected chi connectivity index (χ3v) is 2.55. The van der Waals surface area contributed by atoms with Crippen LogP contribution >= 0.6 is 27.5 Å². The lowest BCUT2D eigenvalue weighted by molar-refractivity contribution is -0.113. The molecule has 0 fully saturated rings. The van der Waals surface area contributed by atoms with E-state index in [9.17, 15) is 9.59 Å². The molecular weight excluding hydrogens is 283 g/mol. The van der Waals surface area contributed by atoms with E-state index in [4.69, 9.17) is 17.3 Å². The lowest BCUT2D eigenvalue weighted by Gasteiger charge is -2.06. The molecule has 0 saturated carbocycles. The molecule has 2 amide bonds. The van der Waals surface area contributed by atoms with Gasteiger partial charge in [0, 0.05) is 10.0 Å². The van der Waals surface area contributed by atoms with Crippen molar-refractivity contribution in [2.45, 2.75) is 0 Å². The fourth-order valence-corrected chi connectivity index (χ4v) is 1.50. The van der Waals surface area contributed by atoms with Gasteiger partial charge < -0.3 is 11.1 Å². The van der Waals surface area contributed by atoms with Crippen LogP contribution in [0.2, 0.25) is 0 Å². The van der Waals surface area contributed by atoms with Gasteiger partial charge in [-0.1, -0.05) is 0 Å². The molecule has 0 radical (unpaired) electrons. The van der Waals surface area contributed by atoms with Gasteiger partial charge in [0.05, 0.1) is 5.69 Å². The molecule has 80 valence electrons. The molecule has 15 heavy (non-hydrogen) atoms. The number of benzene rings is 1. The van der Waals surface area contributed by atoms with E-state index in [1.54, 1.807) is 6.07 Å². The van der Waals surface area contributed by atoms with Gasteiger partial charge in [-0.3, -0.25) is 9.59 Å². The van der Waals surface area contributed by atoms with Gasteiger partial charge >= 0.3 is 0 Å². The van der Waals surface area contributed by atoms with Crippen molar-refractivity contribution in [2.75, 3.05) is 11.2 Å². The summed E-state index contributed by atoms with van der Waals surface area (Å²) in [6.45, 7) is 0. The molecule has 0 spiro atoms. The summed E-state index contributed by atoms with van der Waals surface area (Å²) in [5.41, 5.74) is 6.01. The van der Waals surface area contributed by atoms with Crippen molar-refractivity contribution >= 4 is 45.0 Å². The number of hydrogen-bond donors (Lipinski definition) is 2. The third kappa shape index (κ3) is 3.21. The van der Waals surface area contributed by atoms with Crippen LogP contribution in [0.15, 0.2) is 22.7 Å². The van der Waals surface area contributed by atoms with Crippen LogP contribution in [-0.2, 0) is 4.79 Å². The first kappa shape index (κ1) is 12.0. The smallest absolute Gasteiger partial charge is 0.248 e. The number of halogens is 2. The zero-order valence-corrected chi connectivity index (χ0v) is 9.93. The largest absolute Gasteiger partial charge is 0.366 e. The highest BCUT2D eigenvalue weighted by Gasteiger charge is 2.07. The summed E-state index contributed by atoms with van der Waals surface area (Å²) in [4.78, 5) is 21.8.